The fourth-order valence-electron chi connectivity index (χ4n) is 7.60. The molecule has 0 radical (unpaired) electrons. The van der Waals surface area contributed by atoms with E-state index in [0.29, 0.717) is 0 Å². The van der Waals surface area contributed by atoms with Gasteiger partial charge in [0.2, 0.25) is 11.8 Å². The van der Waals surface area contributed by atoms with Crippen LogP contribution in [0.25, 0.3) is 11.0 Å². The Kier molecular flexibility index (Phi) is 5.24. The number of hydrogen-bond acceptors (Lipinski definition) is 3. The molecule has 3 aliphatic rings. The van der Waals surface area contributed by atoms with E-state index in [0.717, 1.165) is 49.0 Å². The predicted octanol–water partition coefficient (Wildman–Crippen LogP) is 4.35. The summed E-state index contributed by atoms with van der Waals surface area (Å²) >= 11 is 0. The zero-order chi connectivity index (χ0) is 24.3. The highest BCUT2D eigenvalue weighted by atomic mass is 16.2. The van der Waals surface area contributed by atoms with Gasteiger partial charge in [-0.05, 0) is 56.7 Å². The largest absolute Gasteiger partial charge is 0.334 e. The zero-order valence-corrected chi connectivity index (χ0v) is 20.9. The summed E-state index contributed by atoms with van der Waals surface area (Å²) < 4.78 is 2.05. The molecule has 182 valence electrons. The third-order valence-corrected chi connectivity index (χ3v) is 9.03. The van der Waals surface area contributed by atoms with Crippen LogP contribution in [0.5, 0.6) is 0 Å². The molecular formula is C29H34N4O2. The molecule has 2 bridgehead atoms. The highest BCUT2D eigenvalue weighted by Gasteiger charge is 2.64. The summed E-state index contributed by atoms with van der Waals surface area (Å²) in [6.45, 7) is 6.30. The van der Waals surface area contributed by atoms with E-state index in [9.17, 15) is 9.59 Å². The molecule has 2 aromatic carbocycles. The fourth-order valence-corrected chi connectivity index (χ4v) is 7.60. The van der Waals surface area contributed by atoms with Gasteiger partial charge in [-0.15, -0.1) is 0 Å². The molecule has 3 aromatic rings. The molecule has 1 aromatic heterocycles. The SMILES string of the molecule is CC(=O)N1[C@H](Cc2ccccc2)[C@@H]2C[C@@]3(C)[C@H](CCC[C@@H]13)N2C(=O)Cn1c(C)nc2ccccc21. The van der Waals surface area contributed by atoms with Gasteiger partial charge >= 0.3 is 0 Å². The van der Waals surface area contributed by atoms with Gasteiger partial charge in [-0.1, -0.05) is 49.4 Å². The van der Waals surface area contributed by atoms with E-state index >= 15 is 0 Å². The van der Waals surface area contributed by atoms with Crippen LogP contribution in [-0.2, 0) is 22.6 Å². The topological polar surface area (TPSA) is 58.4 Å². The van der Waals surface area contributed by atoms with E-state index < -0.39 is 0 Å². The van der Waals surface area contributed by atoms with Crippen LogP contribution in [0.15, 0.2) is 54.6 Å². The monoisotopic (exact) mass is 470 g/mol. The minimum Gasteiger partial charge on any atom is -0.334 e. The van der Waals surface area contributed by atoms with Crippen LogP contribution in [0.3, 0.4) is 0 Å². The number of likely N-dealkylation sites (tertiary alicyclic amines) is 2. The highest BCUT2D eigenvalue weighted by molar-refractivity contribution is 5.82. The number of aromatic nitrogens is 2. The van der Waals surface area contributed by atoms with Crippen molar-refractivity contribution in [2.24, 2.45) is 5.41 Å². The molecule has 1 saturated carbocycles. The molecule has 6 nitrogen and oxygen atoms in total. The maximum atomic E-state index is 14.1. The van der Waals surface area contributed by atoms with Gasteiger partial charge in [-0.2, -0.15) is 0 Å². The summed E-state index contributed by atoms with van der Waals surface area (Å²) in [5.41, 5.74) is 3.09. The Hall–Kier alpha value is -3.15. The lowest BCUT2D eigenvalue weighted by molar-refractivity contribution is -0.143. The van der Waals surface area contributed by atoms with Crippen molar-refractivity contribution < 1.29 is 9.59 Å². The molecule has 35 heavy (non-hydrogen) atoms. The summed E-state index contributed by atoms with van der Waals surface area (Å²) in [4.78, 5) is 36.3. The van der Waals surface area contributed by atoms with Crippen LogP contribution in [-0.4, -0.2) is 55.3 Å². The number of carbonyl (C=O) groups is 2. The van der Waals surface area contributed by atoms with E-state index in [2.05, 4.69) is 50.5 Å². The zero-order valence-electron chi connectivity index (χ0n) is 20.9. The Bertz CT molecular complexity index is 1280. The number of hydrogen-bond donors (Lipinski definition) is 0. The first-order valence-corrected chi connectivity index (χ1v) is 12.9. The first-order chi connectivity index (χ1) is 16.9. The summed E-state index contributed by atoms with van der Waals surface area (Å²) in [5, 5.41) is 0. The van der Waals surface area contributed by atoms with E-state index in [1.54, 1.807) is 6.92 Å². The Morgan fingerprint density at radius 2 is 1.69 bits per heavy atom. The number of amides is 2. The molecule has 2 aliphatic heterocycles. The van der Waals surface area contributed by atoms with Crippen LogP contribution in [0.1, 0.15) is 50.9 Å². The van der Waals surface area contributed by atoms with Crippen molar-refractivity contribution >= 4 is 22.8 Å². The lowest BCUT2D eigenvalue weighted by Crippen LogP contribution is -2.62. The number of carbonyl (C=O) groups excluding carboxylic acids is 2. The number of benzene rings is 2. The number of piperidine rings is 1. The third-order valence-electron chi connectivity index (χ3n) is 9.03. The van der Waals surface area contributed by atoms with Crippen LogP contribution in [0.4, 0.5) is 0 Å². The van der Waals surface area contributed by atoms with Crippen molar-refractivity contribution in [3.63, 3.8) is 0 Å². The van der Waals surface area contributed by atoms with Crippen LogP contribution in [0.2, 0.25) is 0 Å². The smallest absolute Gasteiger partial charge is 0.243 e. The summed E-state index contributed by atoms with van der Waals surface area (Å²) in [5.74, 6) is 1.15. The van der Waals surface area contributed by atoms with Crippen molar-refractivity contribution in [2.45, 2.75) is 83.6 Å². The predicted molar refractivity (Wildman–Crippen MR) is 136 cm³/mol. The number of para-hydroxylation sites is 2. The Morgan fingerprint density at radius 1 is 1.00 bits per heavy atom. The molecule has 2 amide bonds. The molecule has 6 rings (SSSR count). The lowest BCUT2D eigenvalue weighted by atomic mass is 9.64. The van der Waals surface area contributed by atoms with E-state index in [1.165, 1.54) is 5.56 Å². The minimum absolute atomic E-state index is 0.000605. The van der Waals surface area contributed by atoms with Crippen molar-refractivity contribution in [3.8, 4) is 0 Å². The van der Waals surface area contributed by atoms with E-state index in [4.69, 9.17) is 0 Å². The normalized spacial score (nSPS) is 29.6. The van der Waals surface area contributed by atoms with Gasteiger partial charge in [0, 0.05) is 24.4 Å². The standard InChI is InChI=1S/C29H34N4O2/c1-19-30-22-12-7-8-13-23(22)31(19)18-28(35)33-25-17-29(3)26(14-9-15-27(29)33)32(20(2)34)24(25)16-21-10-5-4-6-11-21/h4-8,10-13,24-27H,9,14-18H2,1-3H3/t24-,25+,26-,27+,29-/m1/s1. The number of imidazole rings is 1. The van der Waals surface area contributed by atoms with Crippen molar-refractivity contribution in [1.82, 2.24) is 19.4 Å². The Labute approximate surface area is 206 Å². The van der Waals surface area contributed by atoms with Crippen LogP contribution >= 0.6 is 0 Å². The van der Waals surface area contributed by atoms with Gasteiger partial charge < -0.3 is 14.4 Å². The van der Waals surface area contributed by atoms with Gasteiger partial charge in [-0.25, -0.2) is 4.98 Å². The fraction of sp³-hybridized carbons (Fsp3) is 0.483. The summed E-state index contributed by atoms with van der Waals surface area (Å²) in [6.07, 6.45) is 4.84. The molecule has 0 spiro atoms. The number of nitrogens with zero attached hydrogens (tertiary/aromatic N) is 4. The summed E-state index contributed by atoms with van der Waals surface area (Å²) in [6, 6.07) is 18.9. The van der Waals surface area contributed by atoms with Crippen molar-refractivity contribution in [3.05, 3.63) is 66.0 Å². The van der Waals surface area contributed by atoms with Gasteiger partial charge in [0.05, 0.1) is 23.1 Å². The molecule has 1 aliphatic carbocycles. The Balaban J connectivity index is 1.40. The maximum absolute atomic E-state index is 14.1. The first kappa shape index (κ1) is 22.3. The second-order valence-corrected chi connectivity index (χ2v) is 11.0. The number of fused-ring (bicyclic) bond motifs is 2. The van der Waals surface area contributed by atoms with E-state index in [-0.39, 0.29) is 47.9 Å². The molecule has 0 N–H and O–H groups in total. The average Bonchev–Trinajstić information content (AvgIpc) is 3.32. The maximum Gasteiger partial charge on any atom is 0.243 e. The van der Waals surface area contributed by atoms with Crippen molar-refractivity contribution in [1.29, 1.82) is 0 Å². The van der Waals surface area contributed by atoms with Gasteiger partial charge in [0.25, 0.3) is 0 Å². The quantitative estimate of drug-likeness (QED) is 0.570. The molecule has 6 heteroatoms. The van der Waals surface area contributed by atoms with Crippen molar-refractivity contribution in [2.75, 3.05) is 0 Å². The third kappa shape index (κ3) is 3.40. The number of rotatable bonds is 4. The van der Waals surface area contributed by atoms with Gasteiger partial charge in [-0.3, -0.25) is 9.59 Å². The highest BCUT2D eigenvalue weighted by Crippen LogP contribution is 2.56. The second-order valence-electron chi connectivity index (χ2n) is 11.0. The number of aryl methyl sites for hydroxylation is 1. The Morgan fingerprint density at radius 3 is 2.43 bits per heavy atom. The van der Waals surface area contributed by atoms with Crippen LogP contribution in [0, 0.1) is 12.3 Å². The molecule has 3 heterocycles. The minimum atomic E-state index is -0.0521. The second kappa shape index (κ2) is 8.21. The average molecular weight is 471 g/mol. The molecule has 5 atom stereocenters. The van der Waals surface area contributed by atoms with Gasteiger partial charge in [0.1, 0.15) is 12.4 Å². The lowest BCUT2D eigenvalue weighted by Gasteiger charge is -2.52. The molecule has 0 unspecified atom stereocenters. The molecule has 3 fully saturated rings. The van der Waals surface area contributed by atoms with Gasteiger partial charge in [0.15, 0.2) is 0 Å². The molecule has 2 saturated heterocycles. The molecular weight excluding hydrogens is 436 g/mol. The van der Waals surface area contributed by atoms with E-state index in [1.807, 2.05) is 37.3 Å². The van der Waals surface area contributed by atoms with Crippen LogP contribution < -0.4 is 0 Å². The first-order valence-electron chi connectivity index (χ1n) is 12.9. The summed E-state index contributed by atoms with van der Waals surface area (Å²) in [7, 11) is 0.